The average molecular weight is 292 g/mol. The van der Waals surface area contributed by atoms with E-state index in [9.17, 15) is 9.18 Å². The molecule has 1 aromatic carbocycles. The molecule has 114 valence electrons. The van der Waals surface area contributed by atoms with Crippen LogP contribution in [0.2, 0.25) is 0 Å². The van der Waals surface area contributed by atoms with E-state index in [1.54, 1.807) is 0 Å². The molecule has 1 aromatic rings. The summed E-state index contributed by atoms with van der Waals surface area (Å²) in [6.07, 6.45) is 3.14. The first-order valence-corrected chi connectivity index (χ1v) is 7.45. The zero-order valence-corrected chi connectivity index (χ0v) is 12.0. The lowest BCUT2D eigenvalue weighted by Crippen LogP contribution is -2.50. The predicted octanol–water partition coefficient (Wildman–Crippen LogP) is 1.48. The maximum atomic E-state index is 13.1. The van der Waals surface area contributed by atoms with Gasteiger partial charge < -0.3 is 15.8 Å². The molecule has 1 aliphatic heterocycles. The van der Waals surface area contributed by atoms with Crippen LogP contribution in [0.15, 0.2) is 24.3 Å². The number of hydrogen-bond acceptors (Lipinski definition) is 3. The van der Waals surface area contributed by atoms with E-state index in [1.165, 1.54) is 12.1 Å². The molecule has 0 unspecified atom stereocenters. The second-order valence-electron chi connectivity index (χ2n) is 6.24. The highest BCUT2D eigenvalue weighted by molar-refractivity contribution is 5.89. The average Bonchev–Trinajstić information content (AvgIpc) is 3.25. The van der Waals surface area contributed by atoms with E-state index in [1.807, 2.05) is 12.1 Å². The van der Waals surface area contributed by atoms with Gasteiger partial charge in [-0.3, -0.25) is 4.79 Å². The summed E-state index contributed by atoms with van der Waals surface area (Å²) in [6.45, 7) is 1.84. The standard InChI is InChI=1S/C16H21FN2O2/c17-13-3-1-12(2-4-13)15(7-9-21-10-8-15)11-19-14(20)16(18)5-6-16/h1-4H,5-11,18H2,(H,19,20). The first-order valence-electron chi connectivity index (χ1n) is 7.45. The molecular weight excluding hydrogens is 271 g/mol. The van der Waals surface area contributed by atoms with Gasteiger partial charge in [-0.15, -0.1) is 0 Å². The van der Waals surface area contributed by atoms with Crippen LogP contribution in [0.3, 0.4) is 0 Å². The molecule has 0 aromatic heterocycles. The Balaban J connectivity index is 1.76. The highest BCUT2D eigenvalue weighted by Crippen LogP contribution is 2.36. The monoisotopic (exact) mass is 292 g/mol. The molecule has 1 heterocycles. The lowest BCUT2D eigenvalue weighted by molar-refractivity contribution is -0.123. The minimum absolute atomic E-state index is 0.0736. The summed E-state index contributed by atoms with van der Waals surface area (Å²) in [4.78, 5) is 12.1. The molecule has 1 saturated heterocycles. The van der Waals surface area contributed by atoms with Crippen LogP contribution in [-0.4, -0.2) is 31.2 Å². The third-order valence-corrected chi connectivity index (χ3v) is 4.73. The zero-order valence-electron chi connectivity index (χ0n) is 12.0. The third kappa shape index (κ3) is 2.94. The van der Waals surface area contributed by atoms with E-state index >= 15 is 0 Å². The molecule has 1 amide bonds. The van der Waals surface area contributed by atoms with E-state index in [0.29, 0.717) is 19.8 Å². The Hall–Kier alpha value is -1.46. The fourth-order valence-corrected chi connectivity index (χ4v) is 2.92. The SMILES string of the molecule is NC1(C(=O)NCC2(c3ccc(F)cc3)CCOCC2)CC1. The molecular formula is C16H21FN2O2. The van der Waals surface area contributed by atoms with Crippen molar-refractivity contribution in [1.29, 1.82) is 0 Å². The summed E-state index contributed by atoms with van der Waals surface area (Å²) in [5.41, 5.74) is 6.13. The van der Waals surface area contributed by atoms with Crippen molar-refractivity contribution in [3.8, 4) is 0 Å². The van der Waals surface area contributed by atoms with Gasteiger partial charge in [-0.05, 0) is 43.4 Å². The maximum Gasteiger partial charge on any atom is 0.240 e. The number of halogens is 1. The van der Waals surface area contributed by atoms with Gasteiger partial charge in [-0.2, -0.15) is 0 Å². The van der Waals surface area contributed by atoms with Gasteiger partial charge in [0.25, 0.3) is 0 Å². The molecule has 3 rings (SSSR count). The lowest BCUT2D eigenvalue weighted by atomic mass is 9.74. The number of nitrogens with one attached hydrogen (secondary N) is 1. The van der Waals surface area contributed by atoms with Gasteiger partial charge >= 0.3 is 0 Å². The van der Waals surface area contributed by atoms with Crippen LogP contribution < -0.4 is 11.1 Å². The maximum absolute atomic E-state index is 13.1. The molecule has 2 fully saturated rings. The number of benzene rings is 1. The molecule has 0 bridgehead atoms. The number of rotatable bonds is 4. The smallest absolute Gasteiger partial charge is 0.240 e. The van der Waals surface area contributed by atoms with Crippen molar-refractivity contribution in [2.45, 2.75) is 36.6 Å². The van der Waals surface area contributed by atoms with E-state index in [-0.39, 0.29) is 17.1 Å². The fraction of sp³-hybridized carbons (Fsp3) is 0.562. The molecule has 21 heavy (non-hydrogen) atoms. The number of amides is 1. The normalized spacial score (nSPS) is 22.6. The molecule has 0 spiro atoms. The van der Waals surface area contributed by atoms with Gasteiger partial charge in [-0.1, -0.05) is 12.1 Å². The lowest BCUT2D eigenvalue weighted by Gasteiger charge is -2.38. The van der Waals surface area contributed by atoms with Gasteiger partial charge in [0.2, 0.25) is 5.91 Å². The van der Waals surface area contributed by atoms with Crippen molar-refractivity contribution in [2.75, 3.05) is 19.8 Å². The molecule has 1 saturated carbocycles. The summed E-state index contributed by atoms with van der Waals surface area (Å²) in [6, 6.07) is 6.56. The Labute approximate surface area is 123 Å². The second-order valence-corrected chi connectivity index (χ2v) is 6.24. The van der Waals surface area contributed by atoms with Gasteiger partial charge in [-0.25, -0.2) is 4.39 Å². The van der Waals surface area contributed by atoms with Gasteiger partial charge in [0.05, 0.1) is 5.54 Å². The van der Waals surface area contributed by atoms with E-state index in [4.69, 9.17) is 10.5 Å². The van der Waals surface area contributed by atoms with Gasteiger partial charge in [0.15, 0.2) is 0 Å². The molecule has 4 nitrogen and oxygen atoms in total. The quantitative estimate of drug-likeness (QED) is 0.883. The fourth-order valence-electron chi connectivity index (χ4n) is 2.92. The molecule has 3 N–H and O–H groups in total. The number of hydrogen-bond donors (Lipinski definition) is 2. The minimum atomic E-state index is -0.658. The number of carbonyl (C=O) groups is 1. The Morgan fingerprint density at radius 1 is 1.19 bits per heavy atom. The first kappa shape index (κ1) is 14.5. The predicted molar refractivity (Wildman–Crippen MR) is 77.3 cm³/mol. The van der Waals surface area contributed by atoms with Crippen LogP contribution in [0.25, 0.3) is 0 Å². The first-order chi connectivity index (χ1) is 10.0. The Morgan fingerprint density at radius 3 is 2.38 bits per heavy atom. The molecule has 2 aliphatic rings. The Morgan fingerprint density at radius 2 is 1.81 bits per heavy atom. The summed E-state index contributed by atoms with van der Waals surface area (Å²) < 4.78 is 18.6. The topological polar surface area (TPSA) is 64.4 Å². The number of carbonyl (C=O) groups excluding carboxylic acids is 1. The van der Waals surface area contributed by atoms with Crippen LogP contribution in [0.4, 0.5) is 4.39 Å². The molecule has 0 atom stereocenters. The van der Waals surface area contributed by atoms with Crippen LogP contribution >= 0.6 is 0 Å². The van der Waals surface area contributed by atoms with E-state index < -0.39 is 5.54 Å². The molecule has 5 heteroatoms. The Kier molecular flexibility index (Phi) is 3.71. The van der Waals surface area contributed by atoms with Gasteiger partial charge in [0, 0.05) is 25.2 Å². The molecule has 0 radical (unpaired) electrons. The summed E-state index contributed by atoms with van der Waals surface area (Å²) >= 11 is 0. The second kappa shape index (κ2) is 5.39. The van der Waals surface area contributed by atoms with Crippen LogP contribution in [-0.2, 0) is 14.9 Å². The largest absolute Gasteiger partial charge is 0.381 e. The van der Waals surface area contributed by atoms with Crippen LogP contribution in [0.1, 0.15) is 31.2 Å². The van der Waals surface area contributed by atoms with Crippen molar-refractivity contribution >= 4 is 5.91 Å². The molecule has 1 aliphatic carbocycles. The van der Waals surface area contributed by atoms with Crippen LogP contribution in [0.5, 0.6) is 0 Å². The Bertz CT molecular complexity index is 520. The van der Waals surface area contributed by atoms with Crippen molar-refractivity contribution in [3.05, 3.63) is 35.6 Å². The van der Waals surface area contributed by atoms with Crippen molar-refractivity contribution in [1.82, 2.24) is 5.32 Å². The van der Waals surface area contributed by atoms with Crippen molar-refractivity contribution in [3.63, 3.8) is 0 Å². The highest BCUT2D eigenvalue weighted by Gasteiger charge is 2.46. The van der Waals surface area contributed by atoms with E-state index in [2.05, 4.69) is 5.32 Å². The van der Waals surface area contributed by atoms with E-state index in [0.717, 1.165) is 31.2 Å². The van der Waals surface area contributed by atoms with Crippen molar-refractivity contribution in [2.24, 2.45) is 5.73 Å². The third-order valence-electron chi connectivity index (χ3n) is 4.73. The summed E-state index contributed by atoms with van der Waals surface area (Å²) in [7, 11) is 0. The van der Waals surface area contributed by atoms with Gasteiger partial charge in [0.1, 0.15) is 5.82 Å². The zero-order chi connectivity index (χ0) is 14.9. The minimum Gasteiger partial charge on any atom is -0.381 e. The number of nitrogens with two attached hydrogens (primary N) is 1. The van der Waals surface area contributed by atoms with Crippen molar-refractivity contribution < 1.29 is 13.9 Å². The summed E-state index contributed by atoms with van der Waals surface area (Å²) in [5, 5.41) is 3.00. The highest BCUT2D eigenvalue weighted by atomic mass is 19.1. The van der Waals surface area contributed by atoms with Crippen LogP contribution in [0, 0.1) is 5.82 Å². The summed E-state index contributed by atoms with van der Waals surface area (Å²) in [5.74, 6) is -0.320. The number of ether oxygens (including phenoxy) is 1.